The topological polar surface area (TPSA) is 64.9 Å². The highest BCUT2D eigenvalue weighted by atomic mass is 35.5. The van der Waals surface area contributed by atoms with E-state index in [4.69, 9.17) is 16.9 Å². The molecule has 0 aliphatic carbocycles. The average Bonchev–Trinajstić information content (AvgIpc) is 2.47. The largest absolute Gasteiger partial charge is 0.388 e. The molecule has 0 aliphatic heterocycles. The number of nitrogens with one attached hydrogen (secondary N) is 2. The second kappa shape index (κ2) is 6.09. The molecule has 2 N–H and O–H groups in total. The first-order valence-electron chi connectivity index (χ1n) is 5.93. The Labute approximate surface area is 122 Å². The van der Waals surface area contributed by atoms with Crippen molar-refractivity contribution in [2.75, 3.05) is 17.7 Å². The van der Waals surface area contributed by atoms with Crippen LogP contribution in [-0.4, -0.2) is 13.0 Å². The van der Waals surface area contributed by atoms with Crippen LogP contribution >= 0.6 is 11.6 Å². The molecule has 2 rings (SSSR count). The van der Waals surface area contributed by atoms with Crippen LogP contribution in [0.3, 0.4) is 0 Å². The minimum atomic E-state index is -0.228. The van der Waals surface area contributed by atoms with Crippen molar-refractivity contribution in [1.29, 1.82) is 5.26 Å². The second-order valence-electron chi connectivity index (χ2n) is 4.09. The summed E-state index contributed by atoms with van der Waals surface area (Å²) >= 11 is 5.92. The summed E-state index contributed by atoms with van der Waals surface area (Å²) in [6.45, 7) is 0. The Kier molecular flexibility index (Phi) is 4.24. The molecule has 2 aromatic rings. The van der Waals surface area contributed by atoms with Gasteiger partial charge in [-0.3, -0.25) is 4.79 Å². The third-order valence-electron chi connectivity index (χ3n) is 2.78. The predicted molar refractivity (Wildman–Crippen MR) is 80.1 cm³/mol. The van der Waals surface area contributed by atoms with E-state index in [-0.39, 0.29) is 5.91 Å². The van der Waals surface area contributed by atoms with Crippen LogP contribution in [-0.2, 0) is 0 Å². The first-order chi connectivity index (χ1) is 9.63. The van der Waals surface area contributed by atoms with Gasteiger partial charge < -0.3 is 10.6 Å². The number of hydrogen-bond donors (Lipinski definition) is 2. The number of carbonyl (C=O) groups excluding carboxylic acids is 1. The standard InChI is InChI=1S/C15H12ClN3O/c1-18-12-5-2-10(3-6-12)15(20)19-13-7-4-11(9-17)14(16)8-13/h2-8,18H,1H3,(H,19,20). The van der Waals surface area contributed by atoms with Gasteiger partial charge in [0.1, 0.15) is 6.07 Å². The molecule has 2 aromatic carbocycles. The number of hydrogen-bond acceptors (Lipinski definition) is 3. The van der Waals surface area contributed by atoms with Crippen LogP contribution in [0.4, 0.5) is 11.4 Å². The Morgan fingerprint density at radius 2 is 1.80 bits per heavy atom. The first kappa shape index (κ1) is 13.9. The molecule has 0 saturated heterocycles. The van der Waals surface area contributed by atoms with Gasteiger partial charge in [-0.25, -0.2) is 0 Å². The lowest BCUT2D eigenvalue weighted by Gasteiger charge is -2.07. The monoisotopic (exact) mass is 285 g/mol. The Balaban J connectivity index is 2.15. The molecule has 1 amide bonds. The van der Waals surface area contributed by atoms with E-state index in [1.165, 1.54) is 0 Å². The molecular formula is C15H12ClN3O. The van der Waals surface area contributed by atoms with Crippen LogP contribution in [0.1, 0.15) is 15.9 Å². The molecule has 0 spiro atoms. The number of carbonyl (C=O) groups is 1. The van der Waals surface area contributed by atoms with Crippen molar-refractivity contribution >= 4 is 28.9 Å². The molecule has 0 fully saturated rings. The smallest absolute Gasteiger partial charge is 0.255 e. The molecule has 0 heterocycles. The Morgan fingerprint density at radius 3 is 2.35 bits per heavy atom. The van der Waals surface area contributed by atoms with Crippen molar-refractivity contribution in [2.24, 2.45) is 0 Å². The molecule has 4 nitrogen and oxygen atoms in total. The van der Waals surface area contributed by atoms with Gasteiger partial charge in [0.05, 0.1) is 10.6 Å². The summed E-state index contributed by atoms with van der Waals surface area (Å²) in [6, 6.07) is 13.8. The maximum Gasteiger partial charge on any atom is 0.255 e. The van der Waals surface area contributed by atoms with E-state index >= 15 is 0 Å². The van der Waals surface area contributed by atoms with Crippen LogP contribution in [0.2, 0.25) is 5.02 Å². The molecule has 0 atom stereocenters. The number of benzene rings is 2. The van der Waals surface area contributed by atoms with Gasteiger partial charge in [-0.05, 0) is 42.5 Å². The number of halogens is 1. The van der Waals surface area contributed by atoms with Gasteiger partial charge in [-0.1, -0.05) is 11.6 Å². The van der Waals surface area contributed by atoms with E-state index in [1.54, 1.807) is 30.3 Å². The van der Waals surface area contributed by atoms with Gasteiger partial charge in [-0.2, -0.15) is 5.26 Å². The normalized spacial score (nSPS) is 9.65. The molecule has 0 saturated carbocycles. The van der Waals surface area contributed by atoms with Crippen LogP contribution in [0.5, 0.6) is 0 Å². The zero-order chi connectivity index (χ0) is 14.5. The molecule has 5 heteroatoms. The average molecular weight is 286 g/mol. The lowest BCUT2D eigenvalue weighted by molar-refractivity contribution is 0.102. The highest BCUT2D eigenvalue weighted by Gasteiger charge is 2.07. The Morgan fingerprint density at radius 1 is 1.15 bits per heavy atom. The molecule has 100 valence electrons. The van der Waals surface area contributed by atoms with Crippen LogP contribution in [0.15, 0.2) is 42.5 Å². The SMILES string of the molecule is CNc1ccc(C(=O)Nc2ccc(C#N)c(Cl)c2)cc1. The number of nitriles is 1. The summed E-state index contributed by atoms with van der Waals surface area (Å²) in [7, 11) is 1.81. The molecule has 0 radical (unpaired) electrons. The van der Waals surface area contributed by atoms with Crippen molar-refractivity contribution in [3.8, 4) is 6.07 Å². The van der Waals surface area contributed by atoms with Crippen LogP contribution in [0.25, 0.3) is 0 Å². The number of nitrogens with zero attached hydrogens (tertiary/aromatic N) is 1. The summed E-state index contributed by atoms with van der Waals surface area (Å²) in [5.41, 5.74) is 2.41. The lowest BCUT2D eigenvalue weighted by atomic mass is 10.1. The van der Waals surface area contributed by atoms with E-state index in [1.807, 2.05) is 25.2 Å². The summed E-state index contributed by atoms with van der Waals surface area (Å²) < 4.78 is 0. The fourth-order valence-electron chi connectivity index (χ4n) is 1.68. The zero-order valence-electron chi connectivity index (χ0n) is 10.8. The van der Waals surface area contributed by atoms with Crippen LogP contribution in [0, 0.1) is 11.3 Å². The highest BCUT2D eigenvalue weighted by Crippen LogP contribution is 2.21. The van der Waals surface area contributed by atoms with E-state index in [9.17, 15) is 4.79 Å². The minimum Gasteiger partial charge on any atom is -0.388 e. The fourth-order valence-corrected chi connectivity index (χ4v) is 1.90. The highest BCUT2D eigenvalue weighted by molar-refractivity contribution is 6.32. The molecular weight excluding hydrogens is 274 g/mol. The third-order valence-corrected chi connectivity index (χ3v) is 3.10. The van der Waals surface area contributed by atoms with Gasteiger partial charge in [-0.15, -0.1) is 0 Å². The minimum absolute atomic E-state index is 0.228. The lowest BCUT2D eigenvalue weighted by Crippen LogP contribution is -2.11. The maximum atomic E-state index is 12.0. The van der Waals surface area contributed by atoms with Gasteiger partial charge in [0.2, 0.25) is 0 Å². The Bertz CT molecular complexity index is 675. The number of amides is 1. The zero-order valence-corrected chi connectivity index (χ0v) is 11.5. The van der Waals surface area contributed by atoms with E-state index in [2.05, 4.69) is 10.6 Å². The number of rotatable bonds is 3. The van der Waals surface area contributed by atoms with Gasteiger partial charge in [0.25, 0.3) is 5.91 Å². The van der Waals surface area contributed by atoms with Gasteiger partial charge in [0.15, 0.2) is 0 Å². The van der Waals surface area contributed by atoms with Gasteiger partial charge >= 0.3 is 0 Å². The maximum absolute atomic E-state index is 12.0. The van der Waals surface area contributed by atoms with Crippen molar-refractivity contribution in [1.82, 2.24) is 0 Å². The Hall–Kier alpha value is -2.51. The van der Waals surface area contributed by atoms with E-state index in [0.29, 0.717) is 21.8 Å². The van der Waals surface area contributed by atoms with Gasteiger partial charge in [0, 0.05) is 24.0 Å². The fraction of sp³-hybridized carbons (Fsp3) is 0.0667. The summed E-state index contributed by atoms with van der Waals surface area (Å²) in [5.74, 6) is -0.228. The van der Waals surface area contributed by atoms with E-state index < -0.39 is 0 Å². The second-order valence-corrected chi connectivity index (χ2v) is 4.50. The van der Waals surface area contributed by atoms with Crippen molar-refractivity contribution in [3.05, 3.63) is 58.6 Å². The van der Waals surface area contributed by atoms with Crippen molar-refractivity contribution in [2.45, 2.75) is 0 Å². The predicted octanol–water partition coefficient (Wildman–Crippen LogP) is 3.51. The van der Waals surface area contributed by atoms with Crippen LogP contribution < -0.4 is 10.6 Å². The third kappa shape index (κ3) is 3.08. The number of anilines is 2. The van der Waals surface area contributed by atoms with E-state index in [0.717, 1.165) is 5.69 Å². The van der Waals surface area contributed by atoms with Crippen molar-refractivity contribution < 1.29 is 4.79 Å². The molecule has 0 unspecified atom stereocenters. The summed E-state index contributed by atoms with van der Waals surface area (Å²) in [5, 5.41) is 14.8. The van der Waals surface area contributed by atoms with Crippen molar-refractivity contribution in [3.63, 3.8) is 0 Å². The summed E-state index contributed by atoms with van der Waals surface area (Å²) in [6.07, 6.45) is 0. The molecule has 0 aliphatic rings. The quantitative estimate of drug-likeness (QED) is 0.907. The summed E-state index contributed by atoms with van der Waals surface area (Å²) in [4.78, 5) is 12.0. The molecule has 0 bridgehead atoms. The molecule has 20 heavy (non-hydrogen) atoms. The molecule has 0 aromatic heterocycles. The first-order valence-corrected chi connectivity index (χ1v) is 6.30.